The molecule has 1 aliphatic carbocycles. The van der Waals surface area contributed by atoms with E-state index < -0.39 is 0 Å². The van der Waals surface area contributed by atoms with Gasteiger partial charge in [0.25, 0.3) is 0 Å². The molecule has 0 bridgehead atoms. The van der Waals surface area contributed by atoms with E-state index in [1.165, 1.54) is 0 Å². The second-order valence-corrected chi connectivity index (χ2v) is 4.37. The van der Waals surface area contributed by atoms with Crippen LogP contribution >= 0.6 is 0 Å². The summed E-state index contributed by atoms with van der Waals surface area (Å²) >= 11 is 0. The van der Waals surface area contributed by atoms with Crippen LogP contribution in [-0.2, 0) is 0 Å². The first-order valence-corrected chi connectivity index (χ1v) is 4.44. The van der Waals surface area contributed by atoms with E-state index in [9.17, 15) is 5.11 Å². The van der Waals surface area contributed by atoms with Crippen LogP contribution in [0.4, 0.5) is 0 Å². The van der Waals surface area contributed by atoms with Gasteiger partial charge in [0.1, 0.15) is 0 Å². The largest absolute Gasteiger partial charge is 0.396 e. The zero-order valence-electron chi connectivity index (χ0n) is 7.88. The first kappa shape index (κ1) is 9.75. The van der Waals surface area contributed by atoms with E-state index in [0.717, 1.165) is 12.0 Å². The van der Waals surface area contributed by atoms with Crippen LogP contribution < -0.4 is 0 Å². The third kappa shape index (κ3) is 1.54. The quantitative estimate of drug-likeness (QED) is 0.583. The van der Waals surface area contributed by atoms with Gasteiger partial charge >= 0.3 is 0 Å². The molecule has 0 unspecified atom stereocenters. The Labute approximate surface area is 73.9 Å². The summed E-state index contributed by atoms with van der Waals surface area (Å²) in [5.74, 6) is 0.161. The van der Waals surface area contributed by atoms with Gasteiger partial charge in [-0.1, -0.05) is 26.0 Å². The molecule has 2 atom stereocenters. The number of aliphatic hydroxyl groups excluding tert-OH is 2. The molecule has 1 saturated carbocycles. The maximum atomic E-state index is 9.74. The van der Waals surface area contributed by atoms with E-state index in [1.807, 2.05) is 13.8 Å². The van der Waals surface area contributed by atoms with Gasteiger partial charge in [-0.05, 0) is 24.2 Å². The minimum Gasteiger partial charge on any atom is -0.396 e. The van der Waals surface area contributed by atoms with Crippen LogP contribution in [0, 0.1) is 11.3 Å². The van der Waals surface area contributed by atoms with Crippen LogP contribution in [-0.4, -0.2) is 22.9 Å². The molecular weight excluding hydrogens is 152 g/mol. The second kappa shape index (κ2) is 3.19. The van der Waals surface area contributed by atoms with Gasteiger partial charge in [0.2, 0.25) is 0 Å². The van der Waals surface area contributed by atoms with Gasteiger partial charge in [-0.3, -0.25) is 0 Å². The molecule has 0 aromatic rings. The van der Waals surface area contributed by atoms with Crippen molar-refractivity contribution in [3.05, 3.63) is 12.2 Å². The van der Waals surface area contributed by atoms with Crippen molar-refractivity contribution in [2.45, 2.75) is 32.8 Å². The monoisotopic (exact) mass is 170 g/mol. The lowest BCUT2D eigenvalue weighted by molar-refractivity contribution is -0.0304. The van der Waals surface area contributed by atoms with Gasteiger partial charge in [-0.15, -0.1) is 0 Å². The summed E-state index contributed by atoms with van der Waals surface area (Å²) in [7, 11) is 0. The van der Waals surface area contributed by atoms with Crippen molar-refractivity contribution >= 4 is 0 Å². The van der Waals surface area contributed by atoms with Crippen molar-refractivity contribution in [2.75, 3.05) is 6.61 Å². The van der Waals surface area contributed by atoms with Gasteiger partial charge in [-0.2, -0.15) is 0 Å². The van der Waals surface area contributed by atoms with Gasteiger partial charge in [0.05, 0.1) is 6.10 Å². The third-order valence-corrected chi connectivity index (χ3v) is 3.15. The highest BCUT2D eigenvalue weighted by atomic mass is 16.3. The van der Waals surface area contributed by atoms with E-state index in [-0.39, 0.29) is 24.0 Å². The maximum absolute atomic E-state index is 9.74. The minimum atomic E-state index is -0.351. The molecule has 2 heteroatoms. The van der Waals surface area contributed by atoms with Crippen molar-refractivity contribution in [1.29, 1.82) is 0 Å². The Bertz CT molecular complexity index is 184. The number of rotatable bonds is 1. The third-order valence-electron chi connectivity index (χ3n) is 3.15. The smallest absolute Gasteiger partial charge is 0.0631 e. The molecule has 1 aliphatic rings. The highest BCUT2D eigenvalue weighted by Gasteiger charge is 2.39. The zero-order chi connectivity index (χ0) is 9.35. The van der Waals surface area contributed by atoms with E-state index in [2.05, 4.69) is 6.58 Å². The molecule has 0 amide bonds. The summed E-state index contributed by atoms with van der Waals surface area (Å²) in [6.45, 7) is 8.01. The molecule has 1 rings (SSSR count). The lowest BCUT2D eigenvalue weighted by Crippen LogP contribution is -2.42. The van der Waals surface area contributed by atoms with Crippen molar-refractivity contribution in [3.8, 4) is 0 Å². The fourth-order valence-electron chi connectivity index (χ4n) is 1.80. The molecule has 12 heavy (non-hydrogen) atoms. The normalized spacial score (nSPS) is 35.2. The van der Waals surface area contributed by atoms with Crippen molar-refractivity contribution in [2.24, 2.45) is 11.3 Å². The maximum Gasteiger partial charge on any atom is 0.0631 e. The zero-order valence-corrected chi connectivity index (χ0v) is 7.88. The predicted octanol–water partition coefficient (Wildman–Crippen LogP) is 1.33. The standard InChI is InChI=1S/C10H18O2/c1-7-4-8(6-11)10(2,3)9(12)5-7/h8-9,11-12H,1,4-6H2,2-3H3/t8-,9-/m1/s1. The lowest BCUT2D eigenvalue weighted by Gasteiger charge is -2.42. The molecule has 0 aliphatic heterocycles. The van der Waals surface area contributed by atoms with Crippen LogP contribution in [0.1, 0.15) is 26.7 Å². The highest BCUT2D eigenvalue weighted by Crippen LogP contribution is 2.42. The van der Waals surface area contributed by atoms with Crippen LogP contribution in [0.25, 0.3) is 0 Å². The van der Waals surface area contributed by atoms with Crippen LogP contribution in [0.5, 0.6) is 0 Å². The Morgan fingerprint density at radius 3 is 2.58 bits per heavy atom. The topological polar surface area (TPSA) is 40.5 Å². The van der Waals surface area contributed by atoms with Crippen molar-refractivity contribution < 1.29 is 10.2 Å². The van der Waals surface area contributed by atoms with E-state index in [4.69, 9.17) is 5.11 Å². The molecular formula is C10H18O2. The summed E-state index contributed by atoms with van der Waals surface area (Å²) in [6, 6.07) is 0. The average molecular weight is 170 g/mol. The van der Waals surface area contributed by atoms with Gasteiger partial charge in [0, 0.05) is 6.61 Å². The molecule has 0 saturated heterocycles. The predicted molar refractivity (Wildman–Crippen MR) is 48.7 cm³/mol. The molecule has 0 aromatic heterocycles. The number of hydrogen-bond acceptors (Lipinski definition) is 2. The Morgan fingerprint density at radius 2 is 2.08 bits per heavy atom. The summed E-state index contributed by atoms with van der Waals surface area (Å²) < 4.78 is 0. The molecule has 0 aromatic carbocycles. The molecule has 0 radical (unpaired) electrons. The van der Waals surface area contributed by atoms with E-state index in [0.29, 0.717) is 6.42 Å². The first-order chi connectivity index (χ1) is 5.48. The Balaban J connectivity index is 2.77. The van der Waals surface area contributed by atoms with Gasteiger partial charge < -0.3 is 10.2 Å². The van der Waals surface area contributed by atoms with E-state index in [1.54, 1.807) is 0 Å². The fraction of sp³-hybridized carbons (Fsp3) is 0.800. The minimum absolute atomic E-state index is 0.142. The molecule has 2 nitrogen and oxygen atoms in total. The van der Waals surface area contributed by atoms with Crippen molar-refractivity contribution in [3.63, 3.8) is 0 Å². The van der Waals surface area contributed by atoms with Gasteiger partial charge in [-0.25, -0.2) is 0 Å². The fourth-order valence-corrected chi connectivity index (χ4v) is 1.80. The highest BCUT2D eigenvalue weighted by molar-refractivity contribution is 5.08. The number of aliphatic hydroxyl groups is 2. The van der Waals surface area contributed by atoms with E-state index >= 15 is 0 Å². The van der Waals surface area contributed by atoms with Crippen LogP contribution in [0.2, 0.25) is 0 Å². The molecule has 70 valence electrons. The SMILES string of the molecule is C=C1C[C@H](CO)C(C)(C)[C@H](O)C1. The summed E-state index contributed by atoms with van der Waals surface area (Å²) in [5.41, 5.74) is 0.886. The second-order valence-electron chi connectivity index (χ2n) is 4.37. The number of hydrogen-bond donors (Lipinski definition) is 2. The molecule has 2 N–H and O–H groups in total. The molecule has 1 fully saturated rings. The summed E-state index contributed by atoms with van der Waals surface area (Å²) in [6.07, 6.45) is 1.18. The lowest BCUT2D eigenvalue weighted by atomic mass is 9.66. The van der Waals surface area contributed by atoms with Crippen molar-refractivity contribution in [1.82, 2.24) is 0 Å². The Hall–Kier alpha value is -0.340. The first-order valence-electron chi connectivity index (χ1n) is 4.44. The summed E-state index contributed by atoms with van der Waals surface area (Å²) in [4.78, 5) is 0. The van der Waals surface area contributed by atoms with Crippen LogP contribution in [0.3, 0.4) is 0 Å². The molecule has 0 spiro atoms. The Kier molecular flexibility index (Phi) is 2.59. The van der Waals surface area contributed by atoms with Gasteiger partial charge in [0.15, 0.2) is 0 Å². The molecule has 0 heterocycles. The average Bonchev–Trinajstić information content (AvgIpc) is 1.97. The summed E-state index contributed by atoms with van der Waals surface area (Å²) in [5, 5.41) is 18.8. The van der Waals surface area contributed by atoms with Crippen LogP contribution in [0.15, 0.2) is 12.2 Å². The Morgan fingerprint density at radius 1 is 1.50 bits per heavy atom.